The van der Waals surface area contributed by atoms with Gasteiger partial charge in [-0.25, -0.2) is 9.29 Å². The minimum Gasteiger partial charge on any atom is -0.298 e. The van der Waals surface area contributed by atoms with Gasteiger partial charge in [-0.2, -0.15) is 5.10 Å². The van der Waals surface area contributed by atoms with Crippen LogP contribution < -0.4 is 4.90 Å². The number of imide groups is 1. The van der Waals surface area contributed by atoms with E-state index in [9.17, 15) is 18.8 Å². The molecule has 2 saturated heterocycles. The summed E-state index contributed by atoms with van der Waals surface area (Å²) in [4.78, 5) is 40.1. The van der Waals surface area contributed by atoms with Crippen molar-refractivity contribution in [2.45, 2.75) is 19.0 Å². The highest BCUT2D eigenvalue weighted by Crippen LogP contribution is 2.52. The van der Waals surface area contributed by atoms with Gasteiger partial charge >= 0.3 is 0 Å². The molecule has 0 aromatic heterocycles. The lowest BCUT2D eigenvalue weighted by Crippen LogP contribution is -2.43. The number of amides is 2. The summed E-state index contributed by atoms with van der Waals surface area (Å²) >= 11 is 0. The Hall–Kier alpha value is -3.35. The molecule has 2 aromatic rings. The fraction of sp³-hybridized carbons (Fsp3) is 0.238. The van der Waals surface area contributed by atoms with E-state index in [1.54, 1.807) is 11.2 Å². The van der Waals surface area contributed by atoms with Crippen LogP contribution in [0.5, 0.6) is 0 Å². The summed E-state index contributed by atoms with van der Waals surface area (Å²) in [5, 5.41) is 6.02. The third kappa shape index (κ3) is 2.13. The Morgan fingerprint density at radius 3 is 2.39 bits per heavy atom. The third-order valence-corrected chi connectivity index (χ3v) is 5.79. The quantitative estimate of drug-likeness (QED) is 0.753. The van der Waals surface area contributed by atoms with Gasteiger partial charge in [0.15, 0.2) is 5.78 Å². The Balaban J connectivity index is 1.65. The van der Waals surface area contributed by atoms with Gasteiger partial charge in [-0.3, -0.25) is 19.4 Å². The molecule has 2 fully saturated rings. The summed E-state index contributed by atoms with van der Waals surface area (Å²) in [6.07, 6.45) is 1.66. The van der Waals surface area contributed by atoms with Crippen molar-refractivity contribution in [1.82, 2.24) is 5.01 Å². The standard InChI is InChI=1S/C21H16FN3O3/c1-11(26)18-16-17(19-15-5-3-2-4-12(15)10-23-25(18)19)21(28)24(20(16)27)14-8-6-13(22)7-9-14/h2-10,16-19H,1H3/t16-,17-,18+,19+/m0/s1. The van der Waals surface area contributed by atoms with Gasteiger partial charge in [-0.05, 0) is 42.3 Å². The molecule has 6 nitrogen and oxygen atoms in total. The molecule has 28 heavy (non-hydrogen) atoms. The number of hydrogen-bond donors (Lipinski definition) is 0. The maximum atomic E-state index is 13.3. The number of benzene rings is 2. The van der Waals surface area contributed by atoms with E-state index >= 15 is 0 Å². The summed E-state index contributed by atoms with van der Waals surface area (Å²) in [6, 6.07) is 11.5. The first-order valence-electron chi connectivity index (χ1n) is 9.04. The number of fused-ring (bicyclic) bond motifs is 5. The molecular weight excluding hydrogens is 361 g/mol. The molecule has 0 bridgehead atoms. The first-order chi connectivity index (χ1) is 13.5. The molecule has 3 heterocycles. The van der Waals surface area contributed by atoms with Crippen molar-refractivity contribution >= 4 is 29.5 Å². The number of Topliss-reactive ketones (excluding diaryl/α,β-unsaturated/α-hetero) is 1. The first kappa shape index (κ1) is 16.8. The molecule has 5 rings (SSSR count). The van der Waals surface area contributed by atoms with Crippen LogP contribution in [0, 0.1) is 17.7 Å². The van der Waals surface area contributed by atoms with Gasteiger partial charge in [0.25, 0.3) is 0 Å². The maximum Gasteiger partial charge on any atom is 0.240 e. The fourth-order valence-electron chi connectivity index (χ4n) is 4.67. The molecule has 140 valence electrons. The second kappa shape index (κ2) is 5.82. The molecule has 3 aliphatic rings. The SMILES string of the molecule is CC(=O)[C@@H]1[C@H]2C(=O)N(c3ccc(F)cc3)C(=O)[C@@H]2[C@H]2c3ccccc3C=NN12. The van der Waals surface area contributed by atoms with E-state index < -0.39 is 35.6 Å². The molecule has 0 spiro atoms. The van der Waals surface area contributed by atoms with Crippen LogP contribution in [0.15, 0.2) is 53.6 Å². The van der Waals surface area contributed by atoms with Crippen molar-refractivity contribution in [1.29, 1.82) is 0 Å². The van der Waals surface area contributed by atoms with Gasteiger partial charge in [0.2, 0.25) is 11.8 Å². The number of carbonyl (C=O) groups excluding carboxylic acids is 3. The molecule has 0 N–H and O–H groups in total. The summed E-state index contributed by atoms with van der Waals surface area (Å²) in [5.41, 5.74) is 2.05. The first-order valence-corrected chi connectivity index (χ1v) is 9.04. The van der Waals surface area contributed by atoms with Crippen LogP contribution in [0.25, 0.3) is 0 Å². The van der Waals surface area contributed by atoms with Crippen LogP contribution in [-0.4, -0.2) is 34.9 Å². The second-order valence-corrected chi connectivity index (χ2v) is 7.29. The predicted octanol–water partition coefficient (Wildman–Crippen LogP) is 2.29. The van der Waals surface area contributed by atoms with Gasteiger partial charge in [0.05, 0.1) is 29.8 Å². The minimum atomic E-state index is -0.816. The Morgan fingerprint density at radius 1 is 1.00 bits per heavy atom. The molecule has 3 aliphatic heterocycles. The van der Waals surface area contributed by atoms with Crippen LogP contribution in [0.3, 0.4) is 0 Å². The van der Waals surface area contributed by atoms with Gasteiger partial charge in [0, 0.05) is 0 Å². The average molecular weight is 377 g/mol. The smallest absolute Gasteiger partial charge is 0.240 e. The lowest BCUT2D eigenvalue weighted by Gasteiger charge is -2.33. The third-order valence-electron chi connectivity index (χ3n) is 5.79. The molecular formula is C21H16FN3O3. The van der Waals surface area contributed by atoms with Crippen LogP contribution in [0.4, 0.5) is 10.1 Å². The van der Waals surface area contributed by atoms with Gasteiger partial charge < -0.3 is 0 Å². The maximum absolute atomic E-state index is 13.3. The van der Waals surface area contributed by atoms with Crippen molar-refractivity contribution in [3.05, 3.63) is 65.5 Å². The number of hydrogen-bond acceptors (Lipinski definition) is 5. The highest BCUT2D eigenvalue weighted by Gasteiger charge is 2.64. The molecule has 0 radical (unpaired) electrons. The number of halogens is 1. The van der Waals surface area contributed by atoms with Gasteiger partial charge in [0.1, 0.15) is 11.9 Å². The number of anilines is 1. The molecule has 0 unspecified atom stereocenters. The summed E-state index contributed by atoms with van der Waals surface area (Å²) < 4.78 is 13.3. The molecule has 4 atom stereocenters. The Bertz CT molecular complexity index is 1050. The van der Waals surface area contributed by atoms with Crippen LogP contribution >= 0.6 is 0 Å². The van der Waals surface area contributed by atoms with Gasteiger partial charge in [-0.1, -0.05) is 24.3 Å². The number of ketones is 1. The van der Waals surface area contributed by atoms with E-state index in [0.717, 1.165) is 16.0 Å². The van der Waals surface area contributed by atoms with E-state index in [4.69, 9.17) is 0 Å². The molecule has 0 saturated carbocycles. The zero-order valence-electron chi connectivity index (χ0n) is 14.9. The second-order valence-electron chi connectivity index (χ2n) is 7.29. The lowest BCUT2D eigenvalue weighted by atomic mass is 9.84. The van der Waals surface area contributed by atoms with E-state index in [1.807, 2.05) is 24.3 Å². The van der Waals surface area contributed by atoms with E-state index in [2.05, 4.69) is 5.10 Å². The highest BCUT2D eigenvalue weighted by molar-refractivity contribution is 6.24. The number of carbonyl (C=O) groups is 3. The zero-order valence-corrected chi connectivity index (χ0v) is 14.9. The molecule has 2 aromatic carbocycles. The van der Waals surface area contributed by atoms with Crippen molar-refractivity contribution in [3.8, 4) is 0 Å². The number of hydrazone groups is 1. The zero-order chi connectivity index (χ0) is 19.6. The monoisotopic (exact) mass is 377 g/mol. The normalized spacial score (nSPS) is 27.6. The van der Waals surface area contributed by atoms with Crippen LogP contribution in [0.1, 0.15) is 24.1 Å². The largest absolute Gasteiger partial charge is 0.298 e. The predicted molar refractivity (Wildman–Crippen MR) is 99.0 cm³/mol. The molecule has 2 amide bonds. The Labute approximate surface area is 160 Å². The van der Waals surface area contributed by atoms with E-state index in [1.165, 1.54) is 31.2 Å². The Morgan fingerprint density at radius 2 is 1.68 bits per heavy atom. The minimum absolute atomic E-state index is 0.212. The van der Waals surface area contributed by atoms with Crippen LogP contribution in [0.2, 0.25) is 0 Å². The summed E-state index contributed by atoms with van der Waals surface area (Å²) in [6.45, 7) is 1.42. The average Bonchev–Trinajstić information content (AvgIpc) is 3.16. The number of rotatable bonds is 2. The summed E-state index contributed by atoms with van der Waals surface area (Å²) in [5.74, 6) is -3.02. The van der Waals surface area contributed by atoms with Crippen molar-refractivity contribution in [2.24, 2.45) is 16.9 Å². The van der Waals surface area contributed by atoms with Crippen molar-refractivity contribution in [3.63, 3.8) is 0 Å². The highest BCUT2D eigenvalue weighted by atomic mass is 19.1. The topological polar surface area (TPSA) is 70.0 Å². The van der Waals surface area contributed by atoms with Gasteiger partial charge in [-0.15, -0.1) is 0 Å². The van der Waals surface area contributed by atoms with Crippen molar-refractivity contribution in [2.75, 3.05) is 4.90 Å². The van der Waals surface area contributed by atoms with Crippen molar-refractivity contribution < 1.29 is 18.8 Å². The summed E-state index contributed by atoms with van der Waals surface area (Å²) in [7, 11) is 0. The van der Waals surface area contributed by atoms with E-state index in [-0.39, 0.29) is 11.7 Å². The van der Waals surface area contributed by atoms with Crippen LogP contribution in [-0.2, 0) is 14.4 Å². The van der Waals surface area contributed by atoms with E-state index in [0.29, 0.717) is 5.69 Å². The lowest BCUT2D eigenvalue weighted by molar-refractivity contribution is -0.129. The number of nitrogens with zero attached hydrogens (tertiary/aromatic N) is 3. The molecule has 0 aliphatic carbocycles. The Kier molecular flexibility index (Phi) is 3.49. The fourth-order valence-corrected chi connectivity index (χ4v) is 4.67. The molecule has 7 heteroatoms.